The number of halogens is 3. The Hall–Kier alpha value is -2.54. The van der Waals surface area contributed by atoms with Gasteiger partial charge in [0, 0.05) is 34.0 Å². The van der Waals surface area contributed by atoms with Gasteiger partial charge < -0.3 is 15.0 Å². The average molecular weight is 592 g/mol. The van der Waals surface area contributed by atoms with Crippen molar-refractivity contribution in [1.82, 2.24) is 10.2 Å². The molecule has 0 heterocycles. The van der Waals surface area contributed by atoms with Crippen molar-refractivity contribution in [2.75, 3.05) is 13.2 Å². The van der Waals surface area contributed by atoms with Gasteiger partial charge in [0.2, 0.25) is 5.91 Å². The second-order valence-electron chi connectivity index (χ2n) is 8.45. The lowest BCUT2D eigenvalue weighted by Crippen LogP contribution is -2.51. The number of carbonyl (C=O) groups excluding carboxylic acids is 2. The average Bonchev–Trinajstić information content (AvgIpc) is 2.87. The molecule has 0 spiro atoms. The summed E-state index contributed by atoms with van der Waals surface area (Å²) in [5.41, 5.74) is 2.62. The third kappa shape index (κ3) is 7.99. The van der Waals surface area contributed by atoms with Crippen LogP contribution in [0.25, 0.3) is 0 Å². The van der Waals surface area contributed by atoms with E-state index in [9.17, 15) is 9.59 Å². The van der Waals surface area contributed by atoms with Gasteiger partial charge in [-0.25, -0.2) is 0 Å². The van der Waals surface area contributed by atoms with Crippen molar-refractivity contribution in [2.45, 2.75) is 39.3 Å². The number of amides is 2. The maximum atomic E-state index is 13.6. The molecular weight excluding hydrogens is 563 g/mol. The molecular formula is C28H29BrCl2N2O3. The van der Waals surface area contributed by atoms with Crippen LogP contribution in [0.15, 0.2) is 71.2 Å². The molecule has 1 atom stereocenters. The SMILES string of the molecule is CCCNC(=O)[C@H](Cc1ccccc1)N(Cc1ccc(Cl)cc1Cl)C(=O)COc1ccc(Br)c(C)c1. The summed E-state index contributed by atoms with van der Waals surface area (Å²) in [7, 11) is 0. The van der Waals surface area contributed by atoms with E-state index in [0.717, 1.165) is 22.0 Å². The van der Waals surface area contributed by atoms with Gasteiger partial charge in [-0.1, -0.05) is 82.5 Å². The van der Waals surface area contributed by atoms with Crippen LogP contribution >= 0.6 is 39.1 Å². The van der Waals surface area contributed by atoms with Gasteiger partial charge in [0.15, 0.2) is 6.61 Å². The minimum absolute atomic E-state index is 0.134. The highest BCUT2D eigenvalue weighted by atomic mass is 79.9. The van der Waals surface area contributed by atoms with Crippen LogP contribution in [-0.4, -0.2) is 35.9 Å². The number of ether oxygens (including phenoxy) is 1. The fourth-order valence-electron chi connectivity index (χ4n) is 3.69. The number of carbonyl (C=O) groups is 2. The summed E-state index contributed by atoms with van der Waals surface area (Å²) in [6, 6.07) is 19.5. The van der Waals surface area contributed by atoms with E-state index in [1.165, 1.54) is 0 Å². The number of benzene rings is 3. The molecule has 5 nitrogen and oxygen atoms in total. The molecule has 0 aromatic heterocycles. The lowest BCUT2D eigenvalue weighted by molar-refractivity contribution is -0.142. The van der Waals surface area contributed by atoms with Crippen LogP contribution in [0, 0.1) is 6.92 Å². The zero-order valence-corrected chi connectivity index (χ0v) is 23.4. The Labute approximate surface area is 230 Å². The fraction of sp³-hybridized carbons (Fsp3) is 0.286. The summed E-state index contributed by atoms with van der Waals surface area (Å²) in [6.45, 7) is 4.36. The third-order valence-corrected chi connectivity index (χ3v) is 7.14. The molecule has 3 rings (SSSR count). The Morgan fingerprint density at radius 1 is 1.06 bits per heavy atom. The standard InChI is InChI=1S/C28H29BrCl2N2O3/c1-3-13-32-28(35)26(15-20-7-5-4-6-8-20)33(17-21-9-10-22(30)16-25(21)31)27(34)18-36-23-11-12-24(29)19(2)14-23/h4-12,14,16,26H,3,13,15,17-18H2,1-2H3,(H,32,35)/t26-/m0/s1. The molecule has 3 aromatic carbocycles. The highest BCUT2D eigenvalue weighted by Crippen LogP contribution is 2.25. The Balaban J connectivity index is 1.92. The molecule has 1 N–H and O–H groups in total. The maximum Gasteiger partial charge on any atom is 0.261 e. The molecule has 36 heavy (non-hydrogen) atoms. The topological polar surface area (TPSA) is 58.6 Å². The summed E-state index contributed by atoms with van der Waals surface area (Å²) >= 11 is 16.0. The molecule has 0 aliphatic rings. The van der Waals surface area contributed by atoms with E-state index in [1.54, 1.807) is 29.2 Å². The van der Waals surface area contributed by atoms with Crippen molar-refractivity contribution >= 4 is 50.9 Å². The first kappa shape index (κ1) is 28.0. The zero-order chi connectivity index (χ0) is 26.1. The van der Waals surface area contributed by atoms with Crippen LogP contribution in [0.1, 0.15) is 30.0 Å². The molecule has 2 amide bonds. The van der Waals surface area contributed by atoms with Crippen molar-refractivity contribution in [2.24, 2.45) is 0 Å². The first-order valence-electron chi connectivity index (χ1n) is 11.7. The Kier molecular flexibility index (Phi) is 10.7. The quantitative estimate of drug-likeness (QED) is 0.273. The highest BCUT2D eigenvalue weighted by Gasteiger charge is 2.31. The molecule has 0 unspecified atom stereocenters. The van der Waals surface area contributed by atoms with E-state index >= 15 is 0 Å². The molecule has 0 saturated carbocycles. The molecule has 0 saturated heterocycles. The van der Waals surface area contributed by atoms with Gasteiger partial charge >= 0.3 is 0 Å². The van der Waals surface area contributed by atoms with Crippen LogP contribution in [0.5, 0.6) is 5.75 Å². The number of rotatable bonds is 11. The van der Waals surface area contributed by atoms with Crippen LogP contribution in [-0.2, 0) is 22.6 Å². The molecule has 0 fully saturated rings. The van der Waals surface area contributed by atoms with Gasteiger partial charge in [0.1, 0.15) is 11.8 Å². The lowest BCUT2D eigenvalue weighted by Gasteiger charge is -2.31. The van der Waals surface area contributed by atoms with Gasteiger partial charge in [-0.15, -0.1) is 0 Å². The second-order valence-corrected chi connectivity index (χ2v) is 10.2. The summed E-state index contributed by atoms with van der Waals surface area (Å²) in [5.74, 6) is 0.0244. The molecule has 0 bridgehead atoms. The van der Waals surface area contributed by atoms with Crippen LogP contribution in [0.2, 0.25) is 10.0 Å². The minimum atomic E-state index is -0.756. The van der Waals surface area contributed by atoms with Crippen molar-refractivity contribution in [3.63, 3.8) is 0 Å². The van der Waals surface area contributed by atoms with Crippen LogP contribution in [0.4, 0.5) is 0 Å². The second kappa shape index (κ2) is 13.7. The Morgan fingerprint density at radius 2 is 1.81 bits per heavy atom. The van der Waals surface area contributed by atoms with Crippen LogP contribution in [0.3, 0.4) is 0 Å². The van der Waals surface area contributed by atoms with Crippen LogP contribution < -0.4 is 10.1 Å². The summed E-state index contributed by atoms with van der Waals surface area (Å²) in [6.07, 6.45) is 1.14. The summed E-state index contributed by atoms with van der Waals surface area (Å²) in [4.78, 5) is 28.5. The van der Waals surface area contributed by atoms with Crippen molar-refractivity contribution in [3.8, 4) is 5.75 Å². The van der Waals surface area contributed by atoms with Gasteiger partial charge in [0.25, 0.3) is 5.91 Å². The number of nitrogens with one attached hydrogen (secondary N) is 1. The molecule has 190 valence electrons. The predicted molar refractivity (Wildman–Crippen MR) is 149 cm³/mol. The summed E-state index contributed by atoms with van der Waals surface area (Å²) < 4.78 is 6.79. The first-order chi connectivity index (χ1) is 17.3. The smallest absolute Gasteiger partial charge is 0.261 e. The first-order valence-corrected chi connectivity index (χ1v) is 13.3. The zero-order valence-electron chi connectivity index (χ0n) is 20.3. The van der Waals surface area contributed by atoms with Crippen molar-refractivity contribution in [3.05, 3.63) is 97.9 Å². The van der Waals surface area contributed by atoms with E-state index < -0.39 is 6.04 Å². The van der Waals surface area contributed by atoms with Gasteiger partial charge in [0.05, 0.1) is 0 Å². The monoisotopic (exact) mass is 590 g/mol. The normalized spacial score (nSPS) is 11.6. The molecule has 0 aliphatic heterocycles. The van der Waals surface area contributed by atoms with E-state index in [2.05, 4.69) is 21.2 Å². The summed E-state index contributed by atoms with van der Waals surface area (Å²) in [5, 5.41) is 3.88. The fourth-order valence-corrected chi connectivity index (χ4v) is 4.40. The van der Waals surface area contributed by atoms with Gasteiger partial charge in [-0.3, -0.25) is 9.59 Å². The van der Waals surface area contributed by atoms with E-state index in [-0.39, 0.29) is 25.0 Å². The van der Waals surface area contributed by atoms with E-state index in [1.807, 2.05) is 56.3 Å². The minimum Gasteiger partial charge on any atom is -0.484 e. The van der Waals surface area contributed by atoms with E-state index in [0.29, 0.717) is 34.3 Å². The largest absolute Gasteiger partial charge is 0.484 e. The maximum absolute atomic E-state index is 13.6. The number of hydrogen-bond acceptors (Lipinski definition) is 3. The van der Waals surface area contributed by atoms with Gasteiger partial charge in [-0.05, 0) is 60.4 Å². The number of nitrogens with zero attached hydrogens (tertiary/aromatic N) is 1. The predicted octanol–water partition coefficient (Wildman–Crippen LogP) is 6.61. The number of aryl methyl sites for hydroxylation is 1. The third-order valence-electron chi connectivity index (χ3n) is 5.67. The Bertz CT molecular complexity index is 1190. The number of hydrogen-bond donors (Lipinski definition) is 1. The Morgan fingerprint density at radius 3 is 2.47 bits per heavy atom. The lowest BCUT2D eigenvalue weighted by atomic mass is 10.0. The highest BCUT2D eigenvalue weighted by molar-refractivity contribution is 9.10. The molecule has 8 heteroatoms. The molecule has 3 aromatic rings. The van der Waals surface area contributed by atoms with E-state index in [4.69, 9.17) is 27.9 Å². The molecule has 0 radical (unpaired) electrons. The van der Waals surface area contributed by atoms with Gasteiger partial charge in [-0.2, -0.15) is 0 Å². The van der Waals surface area contributed by atoms with Crippen molar-refractivity contribution in [1.29, 1.82) is 0 Å². The van der Waals surface area contributed by atoms with Crippen molar-refractivity contribution < 1.29 is 14.3 Å². The molecule has 0 aliphatic carbocycles.